The number of alkyl halides is 2. The van der Waals surface area contributed by atoms with E-state index in [9.17, 15) is 14.4 Å². The topological polar surface area (TPSA) is 82.8 Å². The number of hydrogen-bond acceptors (Lipinski definition) is 6. The molecule has 0 radical (unpaired) electrons. The molecule has 9 nitrogen and oxygen atoms in total. The van der Waals surface area contributed by atoms with Gasteiger partial charge in [0.15, 0.2) is 0 Å². The molecule has 4 saturated heterocycles. The number of rotatable bonds is 5. The molecule has 0 bridgehead atoms. The Bertz CT molecular complexity index is 1600. The van der Waals surface area contributed by atoms with Crippen molar-refractivity contribution >= 4 is 28.5 Å². The number of nitrogens with zero attached hydrogens (tertiary/aromatic N) is 5. The highest BCUT2D eigenvalue weighted by Gasteiger charge is 2.54. The summed E-state index contributed by atoms with van der Waals surface area (Å²) in [6.45, 7) is 4.15. The van der Waals surface area contributed by atoms with Gasteiger partial charge in [-0.25, -0.2) is 13.6 Å². The Kier molecular flexibility index (Phi) is 6.92. The molecule has 4 aliphatic heterocycles. The minimum atomic E-state index is -2.73. The number of imidazole rings is 1. The average molecular weight is 593 g/mol. The number of piperidine rings is 3. The van der Waals surface area contributed by atoms with E-state index in [0.29, 0.717) is 31.4 Å². The predicted octanol–water partition coefficient (Wildman–Crippen LogP) is 3.13. The molecule has 2 unspecified atom stereocenters. The Balaban J connectivity index is 0.978. The summed E-state index contributed by atoms with van der Waals surface area (Å²) in [5, 5.41) is 2.35. The van der Waals surface area contributed by atoms with Crippen molar-refractivity contribution < 1.29 is 18.4 Å². The van der Waals surface area contributed by atoms with Gasteiger partial charge < -0.3 is 4.90 Å². The highest BCUT2D eigenvalue weighted by Crippen LogP contribution is 2.46. The minimum absolute atomic E-state index is 0.0832. The minimum Gasteiger partial charge on any atom is -0.371 e. The van der Waals surface area contributed by atoms with E-state index in [4.69, 9.17) is 0 Å². The lowest BCUT2D eigenvalue weighted by molar-refractivity contribution is -0.171. The molecule has 11 heteroatoms. The number of hydrogen-bond donors (Lipinski definition) is 1. The lowest BCUT2D eigenvalue weighted by atomic mass is 9.70. The van der Waals surface area contributed by atoms with Crippen LogP contribution in [0.2, 0.25) is 0 Å². The van der Waals surface area contributed by atoms with E-state index in [1.165, 1.54) is 4.57 Å². The van der Waals surface area contributed by atoms with Crippen molar-refractivity contribution in [3.05, 3.63) is 64.6 Å². The lowest BCUT2D eigenvalue weighted by Gasteiger charge is -2.58. The lowest BCUT2D eigenvalue weighted by Crippen LogP contribution is -2.68. The van der Waals surface area contributed by atoms with E-state index in [1.807, 2.05) is 58.3 Å². The fraction of sp³-hybridized carbons (Fsp3) is 0.531. The van der Waals surface area contributed by atoms with Crippen molar-refractivity contribution in [3.63, 3.8) is 0 Å². The molecular formula is C32H38F2N6O3. The number of aryl methyl sites for hydroxylation is 1. The third kappa shape index (κ3) is 5.06. The second-order valence-electron chi connectivity index (χ2n) is 13.0. The van der Waals surface area contributed by atoms with E-state index in [0.717, 1.165) is 55.8 Å². The summed E-state index contributed by atoms with van der Waals surface area (Å²) in [5.74, 6) is -3.49. The van der Waals surface area contributed by atoms with Crippen LogP contribution in [0.25, 0.3) is 11.0 Å². The molecule has 1 aromatic heterocycles. The van der Waals surface area contributed by atoms with Crippen molar-refractivity contribution in [2.24, 2.45) is 12.5 Å². The highest BCUT2D eigenvalue weighted by atomic mass is 19.3. The fourth-order valence-electron chi connectivity index (χ4n) is 7.79. The molecule has 4 fully saturated rings. The summed E-state index contributed by atoms with van der Waals surface area (Å²) in [5.41, 5.74) is 3.29. The maximum atomic E-state index is 15.3. The summed E-state index contributed by atoms with van der Waals surface area (Å²) in [6, 6.07) is 14.3. The van der Waals surface area contributed by atoms with Crippen molar-refractivity contribution in [3.8, 4) is 0 Å². The molecule has 43 heavy (non-hydrogen) atoms. The predicted molar refractivity (Wildman–Crippen MR) is 159 cm³/mol. The number of anilines is 1. The normalized spacial score (nSPS) is 26.1. The van der Waals surface area contributed by atoms with Crippen molar-refractivity contribution in [1.82, 2.24) is 24.3 Å². The fourth-order valence-corrected chi connectivity index (χ4v) is 7.79. The molecule has 0 saturated carbocycles. The summed E-state index contributed by atoms with van der Waals surface area (Å²) in [7, 11) is 1.70. The summed E-state index contributed by atoms with van der Waals surface area (Å²) < 4.78 is 33.7. The number of amides is 2. The van der Waals surface area contributed by atoms with Gasteiger partial charge in [-0.1, -0.05) is 30.3 Å². The van der Waals surface area contributed by atoms with Gasteiger partial charge in [0.1, 0.15) is 6.04 Å². The molecule has 228 valence electrons. The maximum absolute atomic E-state index is 15.3. The van der Waals surface area contributed by atoms with Gasteiger partial charge in [0.2, 0.25) is 11.8 Å². The summed E-state index contributed by atoms with van der Waals surface area (Å²) in [6.07, 6.45) is 2.87. The third-order valence-electron chi connectivity index (χ3n) is 10.2. The molecular weight excluding hydrogens is 554 g/mol. The molecule has 4 aliphatic rings. The largest absolute Gasteiger partial charge is 0.371 e. The van der Waals surface area contributed by atoms with Gasteiger partial charge >= 0.3 is 5.69 Å². The number of halogens is 2. The first-order chi connectivity index (χ1) is 20.6. The first kappa shape index (κ1) is 28.2. The van der Waals surface area contributed by atoms with Gasteiger partial charge in [-0.3, -0.25) is 33.8 Å². The SMILES string of the molecule is Cn1c(=O)n(C2CCC(=O)NC2=O)c2ccc(N3CCC4(CC3)CN(C3CCN(Cc5ccccc5)CC3(F)F)C4)cc21. The van der Waals surface area contributed by atoms with Crippen LogP contribution < -0.4 is 15.9 Å². The van der Waals surface area contributed by atoms with E-state index in [-0.39, 0.29) is 30.0 Å². The Morgan fingerprint density at radius 1 is 0.907 bits per heavy atom. The number of aromatic nitrogens is 2. The van der Waals surface area contributed by atoms with Crippen LogP contribution in [-0.2, 0) is 23.2 Å². The van der Waals surface area contributed by atoms with Crippen LogP contribution in [0.15, 0.2) is 53.3 Å². The molecule has 3 aromatic rings. The second kappa shape index (κ2) is 10.6. The molecule has 5 heterocycles. The molecule has 2 amide bonds. The number of benzene rings is 2. The van der Waals surface area contributed by atoms with Gasteiger partial charge in [-0.2, -0.15) is 0 Å². The van der Waals surface area contributed by atoms with Crippen LogP contribution in [0.5, 0.6) is 0 Å². The zero-order chi connectivity index (χ0) is 29.9. The van der Waals surface area contributed by atoms with Crippen LogP contribution in [0, 0.1) is 5.41 Å². The Hall–Kier alpha value is -3.57. The van der Waals surface area contributed by atoms with Crippen molar-refractivity contribution in [2.45, 2.75) is 56.7 Å². The van der Waals surface area contributed by atoms with E-state index in [1.54, 1.807) is 11.6 Å². The van der Waals surface area contributed by atoms with Crippen LogP contribution in [0.3, 0.4) is 0 Å². The molecule has 7 rings (SSSR count). The van der Waals surface area contributed by atoms with Gasteiger partial charge in [-0.15, -0.1) is 0 Å². The Labute approximate surface area is 249 Å². The maximum Gasteiger partial charge on any atom is 0.329 e. The molecule has 1 N–H and O–H groups in total. The summed E-state index contributed by atoms with van der Waals surface area (Å²) >= 11 is 0. The van der Waals surface area contributed by atoms with Crippen LogP contribution in [0.4, 0.5) is 14.5 Å². The highest BCUT2D eigenvalue weighted by molar-refractivity contribution is 6.00. The Morgan fingerprint density at radius 3 is 2.35 bits per heavy atom. The number of carbonyl (C=O) groups excluding carboxylic acids is 2. The zero-order valence-electron chi connectivity index (χ0n) is 24.5. The first-order valence-electron chi connectivity index (χ1n) is 15.3. The van der Waals surface area contributed by atoms with Crippen molar-refractivity contribution in [1.29, 1.82) is 0 Å². The Morgan fingerprint density at radius 2 is 1.65 bits per heavy atom. The van der Waals surface area contributed by atoms with Crippen LogP contribution in [0.1, 0.15) is 43.7 Å². The van der Waals surface area contributed by atoms with Gasteiger partial charge in [0.05, 0.1) is 23.6 Å². The van der Waals surface area contributed by atoms with Crippen molar-refractivity contribution in [2.75, 3.05) is 44.2 Å². The number of nitrogens with one attached hydrogen (secondary N) is 1. The van der Waals surface area contributed by atoms with Gasteiger partial charge in [0.25, 0.3) is 5.92 Å². The molecule has 2 aromatic carbocycles. The van der Waals surface area contributed by atoms with Gasteiger partial charge in [0, 0.05) is 58.4 Å². The van der Waals surface area contributed by atoms with E-state index >= 15 is 8.78 Å². The second-order valence-corrected chi connectivity index (χ2v) is 13.0. The standard InChI is InChI=1S/C32H38F2N6O3/c1-36-26-17-23(7-8-24(26)40(30(36)43)25-9-10-28(41)35-29(25)42)38-15-12-31(13-16-38)19-39(20-31)27-11-14-37(21-32(27,33)34)18-22-5-3-2-4-6-22/h2-8,17,25,27H,9-16,18-21H2,1H3,(H,35,41,42). The molecule has 1 spiro atoms. The number of carbonyl (C=O) groups is 2. The number of likely N-dealkylation sites (tertiary alicyclic amines) is 2. The van der Waals surface area contributed by atoms with Crippen LogP contribution in [-0.4, -0.2) is 82.0 Å². The molecule has 2 atom stereocenters. The number of imide groups is 1. The zero-order valence-corrected chi connectivity index (χ0v) is 24.5. The third-order valence-corrected chi connectivity index (χ3v) is 10.2. The van der Waals surface area contributed by atoms with E-state index in [2.05, 4.69) is 10.2 Å². The summed E-state index contributed by atoms with van der Waals surface area (Å²) in [4.78, 5) is 43.5. The monoisotopic (exact) mass is 592 g/mol. The molecule has 0 aliphatic carbocycles. The first-order valence-corrected chi connectivity index (χ1v) is 15.3. The number of fused-ring (bicyclic) bond motifs is 1. The average Bonchev–Trinajstić information content (AvgIpc) is 3.21. The van der Waals surface area contributed by atoms with E-state index < -0.39 is 23.9 Å². The smallest absolute Gasteiger partial charge is 0.329 e. The quantitative estimate of drug-likeness (QED) is 0.459. The van der Waals surface area contributed by atoms with Gasteiger partial charge in [-0.05, 0) is 54.9 Å². The van der Waals surface area contributed by atoms with Crippen LogP contribution >= 0.6 is 0 Å².